The quantitative estimate of drug-likeness (QED) is 0.636. The standard InChI is InChI=1S/C6H2Cl3F3S/c7-3-1-2(5(9)13-3)4(8)6(10,11)12/h1,4H. The molecule has 0 N–H and O–H groups in total. The van der Waals surface area contributed by atoms with E-state index in [0.717, 1.165) is 17.4 Å². The number of thiophene rings is 1. The van der Waals surface area contributed by atoms with Crippen LogP contribution in [0.3, 0.4) is 0 Å². The third kappa shape index (κ3) is 2.65. The summed E-state index contributed by atoms with van der Waals surface area (Å²) >= 11 is 17.0. The second-order valence-corrected chi connectivity index (χ2v) is 4.91. The van der Waals surface area contributed by atoms with Crippen molar-refractivity contribution in [2.75, 3.05) is 0 Å². The second kappa shape index (κ2) is 3.85. The van der Waals surface area contributed by atoms with Crippen LogP contribution in [-0.4, -0.2) is 6.18 Å². The number of hydrogen-bond donors (Lipinski definition) is 0. The molecule has 1 unspecified atom stereocenters. The number of hydrogen-bond acceptors (Lipinski definition) is 1. The summed E-state index contributed by atoms with van der Waals surface area (Å²) < 4.78 is 36.4. The summed E-state index contributed by atoms with van der Waals surface area (Å²) in [7, 11) is 0. The first-order chi connectivity index (χ1) is 5.82. The molecule has 0 aliphatic rings. The van der Waals surface area contributed by atoms with Crippen LogP contribution < -0.4 is 0 Å². The molecule has 0 aliphatic carbocycles. The fourth-order valence-corrected chi connectivity index (χ4v) is 2.53. The first-order valence-corrected chi connectivity index (χ1v) is 4.98. The maximum atomic E-state index is 12.1. The third-order valence-electron chi connectivity index (χ3n) is 1.24. The predicted molar refractivity (Wildman–Crippen MR) is 49.0 cm³/mol. The van der Waals surface area contributed by atoms with Crippen molar-refractivity contribution in [2.24, 2.45) is 0 Å². The monoisotopic (exact) mass is 268 g/mol. The van der Waals surface area contributed by atoms with Gasteiger partial charge in [0.25, 0.3) is 0 Å². The minimum atomic E-state index is -4.50. The average Bonchev–Trinajstić information content (AvgIpc) is 2.26. The van der Waals surface area contributed by atoms with Crippen LogP contribution in [0.1, 0.15) is 10.9 Å². The highest BCUT2D eigenvalue weighted by molar-refractivity contribution is 7.20. The zero-order valence-electron chi connectivity index (χ0n) is 5.83. The highest BCUT2D eigenvalue weighted by Gasteiger charge is 2.41. The first-order valence-electron chi connectivity index (χ1n) is 2.98. The van der Waals surface area contributed by atoms with Gasteiger partial charge < -0.3 is 0 Å². The molecule has 0 amide bonds. The lowest BCUT2D eigenvalue weighted by Gasteiger charge is -2.12. The van der Waals surface area contributed by atoms with Gasteiger partial charge in [0.15, 0.2) is 5.38 Å². The zero-order valence-corrected chi connectivity index (χ0v) is 8.92. The van der Waals surface area contributed by atoms with Crippen molar-refractivity contribution in [2.45, 2.75) is 11.6 Å². The smallest absolute Gasteiger partial charge is 0.169 e. The van der Waals surface area contributed by atoms with Gasteiger partial charge in [-0.15, -0.1) is 22.9 Å². The van der Waals surface area contributed by atoms with Crippen molar-refractivity contribution in [1.29, 1.82) is 0 Å². The van der Waals surface area contributed by atoms with E-state index < -0.39 is 11.6 Å². The van der Waals surface area contributed by atoms with Gasteiger partial charge >= 0.3 is 6.18 Å². The van der Waals surface area contributed by atoms with Crippen molar-refractivity contribution < 1.29 is 13.2 Å². The van der Waals surface area contributed by atoms with E-state index in [0.29, 0.717) is 0 Å². The van der Waals surface area contributed by atoms with Crippen LogP contribution in [0.15, 0.2) is 6.07 Å². The molecular formula is C6H2Cl3F3S. The largest absolute Gasteiger partial charge is 0.409 e. The Morgan fingerprint density at radius 3 is 2.15 bits per heavy atom. The van der Waals surface area contributed by atoms with Gasteiger partial charge in [0, 0.05) is 5.56 Å². The molecule has 0 spiro atoms. The maximum absolute atomic E-state index is 12.1. The summed E-state index contributed by atoms with van der Waals surface area (Å²) in [4.78, 5) is 0. The van der Waals surface area contributed by atoms with Crippen LogP contribution in [0.2, 0.25) is 8.67 Å². The van der Waals surface area contributed by atoms with E-state index in [1.807, 2.05) is 0 Å². The van der Waals surface area contributed by atoms with Crippen LogP contribution in [0.5, 0.6) is 0 Å². The summed E-state index contributed by atoms with van der Waals surface area (Å²) in [5.74, 6) is 0. The molecule has 0 radical (unpaired) electrons. The Bertz CT molecular complexity index is 307. The Kier molecular flexibility index (Phi) is 3.38. The van der Waals surface area contributed by atoms with Crippen molar-refractivity contribution in [1.82, 2.24) is 0 Å². The second-order valence-electron chi connectivity index (χ2n) is 2.18. The van der Waals surface area contributed by atoms with Gasteiger partial charge in [-0.05, 0) is 6.07 Å². The van der Waals surface area contributed by atoms with Crippen LogP contribution in [0.25, 0.3) is 0 Å². The summed E-state index contributed by atoms with van der Waals surface area (Å²) in [5, 5.41) is -2.09. The van der Waals surface area contributed by atoms with Crippen LogP contribution in [0.4, 0.5) is 13.2 Å². The molecule has 1 aromatic heterocycles. The predicted octanol–water partition coefficient (Wildman–Crippen LogP) is 4.90. The molecule has 1 atom stereocenters. The Morgan fingerprint density at radius 1 is 1.31 bits per heavy atom. The summed E-state index contributed by atoms with van der Waals surface area (Å²) in [5.41, 5.74) is -0.189. The molecule has 7 heteroatoms. The molecule has 13 heavy (non-hydrogen) atoms. The summed E-state index contributed by atoms with van der Waals surface area (Å²) in [6.45, 7) is 0. The van der Waals surface area contributed by atoms with Gasteiger partial charge in [-0.3, -0.25) is 0 Å². The van der Waals surface area contributed by atoms with Gasteiger partial charge in [-0.25, -0.2) is 0 Å². The van der Waals surface area contributed by atoms with E-state index in [4.69, 9.17) is 34.8 Å². The molecule has 0 aromatic carbocycles. The fourth-order valence-electron chi connectivity index (χ4n) is 0.702. The topological polar surface area (TPSA) is 0 Å². The SMILES string of the molecule is FC(F)(F)C(Cl)c1cc(Cl)sc1Cl. The fraction of sp³-hybridized carbons (Fsp3) is 0.333. The Hall–Kier alpha value is 0.360. The van der Waals surface area contributed by atoms with Crippen LogP contribution >= 0.6 is 46.1 Å². The molecule has 0 aliphatic heterocycles. The number of alkyl halides is 4. The Balaban J connectivity index is 3.01. The van der Waals surface area contributed by atoms with Gasteiger partial charge in [0.2, 0.25) is 0 Å². The van der Waals surface area contributed by atoms with Gasteiger partial charge in [0.1, 0.15) is 0 Å². The maximum Gasteiger partial charge on any atom is 0.409 e. The lowest BCUT2D eigenvalue weighted by molar-refractivity contribution is -0.131. The third-order valence-corrected chi connectivity index (χ3v) is 3.24. The molecule has 0 nitrogen and oxygen atoms in total. The Labute approximate surface area is 91.2 Å². The van der Waals surface area contributed by atoms with Gasteiger partial charge in [-0.1, -0.05) is 23.2 Å². The number of rotatable bonds is 1. The van der Waals surface area contributed by atoms with E-state index in [1.165, 1.54) is 0 Å². The summed E-state index contributed by atoms with van der Waals surface area (Å²) in [6, 6.07) is 1.12. The minimum absolute atomic E-state index is 0.0256. The zero-order chi connectivity index (χ0) is 10.2. The number of halogens is 6. The van der Waals surface area contributed by atoms with Crippen molar-refractivity contribution >= 4 is 46.1 Å². The van der Waals surface area contributed by atoms with E-state index in [1.54, 1.807) is 0 Å². The molecule has 1 aromatic rings. The van der Waals surface area contributed by atoms with Crippen LogP contribution in [-0.2, 0) is 0 Å². The minimum Gasteiger partial charge on any atom is -0.169 e. The molecule has 1 rings (SSSR count). The van der Waals surface area contributed by atoms with E-state index >= 15 is 0 Å². The van der Waals surface area contributed by atoms with Crippen LogP contribution in [0, 0.1) is 0 Å². The highest BCUT2D eigenvalue weighted by atomic mass is 35.5. The summed E-state index contributed by atoms with van der Waals surface area (Å²) in [6.07, 6.45) is -4.50. The Morgan fingerprint density at radius 2 is 1.85 bits per heavy atom. The lowest BCUT2D eigenvalue weighted by Crippen LogP contribution is -2.15. The lowest BCUT2D eigenvalue weighted by atomic mass is 10.2. The highest BCUT2D eigenvalue weighted by Crippen LogP contribution is 2.44. The van der Waals surface area contributed by atoms with Crippen molar-refractivity contribution in [3.63, 3.8) is 0 Å². The van der Waals surface area contributed by atoms with Gasteiger partial charge in [-0.2, -0.15) is 13.2 Å². The average molecular weight is 270 g/mol. The van der Waals surface area contributed by atoms with E-state index in [-0.39, 0.29) is 14.2 Å². The molecule has 0 saturated carbocycles. The normalized spacial score (nSPS) is 14.6. The molecule has 74 valence electrons. The first kappa shape index (κ1) is 11.4. The van der Waals surface area contributed by atoms with E-state index in [2.05, 4.69) is 0 Å². The molecule has 1 heterocycles. The molecule has 0 fully saturated rings. The van der Waals surface area contributed by atoms with Gasteiger partial charge in [0.05, 0.1) is 8.67 Å². The van der Waals surface area contributed by atoms with Crippen molar-refractivity contribution in [3.05, 3.63) is 20.3 Å². The van der Waals surface area contributed by atoms with Crippen molar-refractivity contribution in [3.8, 4) is 0 Å². The molecular weight excluding hydrogens is 267 g/mol. The molecule has 0 saturated heterocycles. The molecule has 0 bridgehead atoms. The van der Waals surface area contributed by atoms with E-state index in [9.17, 15) is 13.2 Å².